The first-order valence-electron chi connectivity index (χ1n) is 13.2. The van der Waals surface area contributed by atoms with Crippen molar-refractivity contribution in [1.29, 1.82) is 0 Å². The Labute approximate surface area is 236 Å². The van der Waals surface area contributed by atoms with E-state index in [2.05, 4.69) is 26.0 Å². The van der Waals surface area contributed by atoms with Gasteiger partial charge in [0.2, 0.25) is 5.91 Å². The van der Waals surface area contributed by atoms with E-state index in [1.807, 2.05) is 30.3 Å². The van der Waals surface area contributed by atoms with Crippen LogP contribution < -0.4 is 20.4 Å². The summed E-state index contributed by atoms with van der Waals surface area (Å²) in [6.07, 6.45) is 0.238. The highest BCUT2D eigenvalue weighted by atomic mass is 16.6. The van der Waals surface area contributed by atoms with E-state index in [9.17, 15) is 19.2 Å². The van der Waals surface area contributed by atoms with Crippen molar-refractivity contribution in [3.63, 3.8) is 0 Å². The van der Waals surface area contributed by atoms with Crippen molar-refractivity contribution in [3.05, 3.63) is 71.5 Å². The molecule has 5 rings (SSSR count). The summed E-state index contributed by atoms with van der Waals surface area (Å²) in [7, 11) is 0. The van der Waals surface area contributed by atoms with Gasteiger partial charge >= 0.3 is 12.2 Å². The van der Waals surface area contributed by atoms with Crippen LogP contribution in [0.3, 0.4) is 0 Å². The molecular formula is C28H31N7O6. The molecule has 1 aromatic heterocycles. The van der Waals surface area contributed by atoms with Gasteiger partial charge in [-0.25, -0.2) is 9.59 Å². The minimum absolute atomic E-state index is 0.0140. The summed E-state index contributed by atoms with van der Waals surface area (Å²) in [4.78, 5) is 56.3. The summed E-state index contributed by atoms with van der Waals surface area (Å²) in [6.45, 7) is 4.99. The van der Waals surface area contributed by atoms with Gasteiger partial charge in [-0.3, -0.25) is 24.5 Å². The van der Waals surface area contributed by atoms with E-state index in [-0.39, 0.29) is 26.1 Å². The standard InChI is InChI=1S/C28H31N7O6/c1-28(2,3)41-26(38)31-20-15-34(27(39)40-16-17-8-5-4-6-9-17)21-11-7-10-18-12-22(35(23(18)21)25(20)37)24(36)29-13-19-14-30-33-32-19/h4-11,14,20,22H,12-13,15-16H2,1-3H3,(H,29,36)(H,31,38)(H,30,32,33)/t20-,22-/m0/s1. The molecule has 0 spiro atoms. The van der Waals surface area contributed by atoms with E-state index in [1.54, 1.807) is 45.2 Å². The van der Waals surface area contributed by atoms with Gasteiger partial charge in [-0.05, 0) is 38.0 Å². The molecule has 0 saturated heterocycles. The number of aromatic amines is 1. The molecule has 3 N–H and O–H groups in total. The van der Waals surface area contributed by atoms with E-state index >= 15 is 0 Å². The molecular weight excluding hydrogens is 530 g/mol. The molecule has 0 fully saturated rings. The van der Waals surface area contributed by atoms with Crippen molar-refractivity contribution in [2.24, 2.45) is 0 Å². The highest BCUT2D eigenvalue weighted by Crippen LogP contribution is 2.43. The maximum absolute atomic E-state index is 14.0. The van der Waals surface area contributed by atoms with Crippen LogP contribution >= 0.6 is 0 Å². The summed E-state index contributed by atoms with van der Waals surface area (Å²) in [5.74, 6) is -0.971. The fourth-order valence-corrected chi connectivity index (χ4v) is 4.83. The van der Waals surface area contributed by atoms with Crippen molar-refractivity contribution in [3.8, 4) is 0 Å². The number of nitrogens with zero attached hydrogens (tertiary/aromatic N) is 4. The second kappa shape index (κ2) is 11.3. The van der Waals surface area contributed by atoms with Gasteiger partial charge in [0, 0.05) is 12.6 Å². The molecule has 0 saturated carbocycles. The average Bonchev–Trinajstić information content (AvgIpc) is 3.57. The zero-order valence-electron chi connectivity index (χ0n) is 22.9. The third-order valence-corrected chi connectivity index (χ3v) is 6.59. The number of hydrogen-bond acceptors (Lipinski definition) is 8. The Kier molecular flexibility index (Phi) is 7.60. The first-order valence-corrected chi connectivity index (χ1v) is 13.2. The van der Waals surface area contributed by atoms with Gasteiger partial charge < -0.3 is 20.1 Å². The molecule has 0 unspecified atom stereocenters. The number of rotatable bonds is 6. The van der Waals surface area contributed by atoms with Crippen molar-refractivity contribution < 1.29 is 28.7 Å². The molecule has 2 aliphatic heterocycles. The normalized spacial score (nSPS) is 17.9. The fourth-order valence-electron chi connectivity index (χ4n) is 4.83. The molecule has 13 nitrogen and oxygen atoms in total. The Morgan fingerprint density at radius 1 is 1.10 bits per heavy atom. The number of hydrogen-bond donors (Lipinski definition) is 3. The van der Waals surface area contributed by atoms with Crippen LogP contribution in [0.2, 0.25) is 0 Å². The van der Waals surface area contributed by atoms with Gasteiger partial charge in [-0.15, -0.1) is 5.10 Å². The monoisotopic (exact) mass is 561 g/mol. The van der Waals surface area contributed by atoms with Crippen LogP contribution in [0.4, 0.5) is 21.0 Å². The van der Waals surface area contributed by atoms with Crippen LogP contribution in [-0.4, -0.2) is 63.6 Å². The Balaban J connectivity index is 1.46. The number of carbonyl (C=O) groups is 4. The lowest BCUT2D eigenvalue weighted by Gasteiger charge is -2.28. The zero-order chi connectivity index (χ0) is 29.1. The predicted molar refractivity (Wildman–Crippen MR) is 147 cm³/mol. The summed E-state index contributed by atoms with van der Waals surface area (Å²) >= 11 is 0. The quantitative estimate of drug-likeness (QED) is 0.414. The number of amides is 4. The molecule has 0 bridgehead atoms. The van der Waals surface area contributed by atoms with Crippen LogP contribution in [0.1, 0.15) is 37.6 Å². The lowest BCUT2D eigenvalue weighted by molar-refractivity contribution is -0.127. The first kappa shape index (κ1) is 27.6. The number of para-hydroxylation sites is 1. The van der Waals surface area contributed by atoms with Gasteiger partial charge in [0.05, 0.1) is 24.5 Å². The Hall–Kier alpha value is -4.94. The van der Waals surface area contributed by atoms with Crippen LogP contribution in [0.15, 0.2) is 54.7 Å². The lowest BCUT2D eigenvalue weighted by atomic mass is 10.1. The molecule has 2 aromatic carbocycles. The number of anilines is 2. The predicted octanol–water partition coefficient (Wildman–Crippen LogP) is 2.43. The maximum Gasteiger partial charge on any atom is 0.414 e. The summed E-state index contributed by atoms with van der Waals surface area (Å²) in [6, 6.07) is 12.3. The second-order valence-corrected chi connectivity index (χ2v) is 10.7. The van der Waals surface area contributed by atoms with Gasteiger partial charge in [-0.1, -0.05) is 47.7 Å². The summed E-state index contributed by atoms with van der Waals surface area (Å²) in [5.41, 5.74) is 2.02. The van der Waals surface area contributed by atoms with Gasteiger partial charge in [0.25, 0.3) is 5.91 Å². The highest BCUT2D eigenvalue weighted by molar-refractivity contribution is 6.12. The smallest absolute Gasteiger partial charge is 0.414 e. The lowest BCUT2D eigenvalue weighted by Crippen LogP contribution is -2.57. The van der Waals surface area contributed by atoms with Crippen molar-refractivity contribution in [2.75, 3.05) is 16.3 Å². The van der Waals surface area contributed by atoms with Crippen molar-refractivity contribution >= 4 is 35.4 Å². The Morgan fingerprint density at radius 3 is 2.59 bits per heavy atom. The molecule has 13 heteroatoms. The van der Waals surface area contributed by atoms with Crippen LogP contribution in [-0.2, 0) is 38.6 Å². The van der Waals surface area contributed by atoms with Gasteiger partial charge in [0.15, 0.2) is 0 Å². The topological polar surface area (TPSA) is 159 Å². The second-order valence-electron chi connectivity index (χ2n) is 10.7. The van der Waals surface area contributed by atoms with E-state index < -0.39 is 41.7 Å². The van der Waals surface area contributed by atoms with Crippen LogP contribution in [0.5, 0.6) is 0 Å². The SMILES string of the molecule is CC(C)(C)OC(=O)N[C@H]1CN(C(=O)OCc2ccccc2)c2cccc3c2N(C1=O)[C@H](C(=O)NCc1c[nH]nn1)C3. The molecule has 3 heterocycles. The third-order valence-electron chi connectivity index (χ3n) is 6.59. The molecule has 41 heavy (non-hydrogen) atoms. The Bertz CT molecular complexity index is 1440. The van der Waals surface area contributed by atoms with Crippen molar-refractivity contribution in [1.82, 2.24) is 26.0 Å². The summed E-state index contributed by atoms with van der Waals surface area (Å²) in [5, 5.41) is 15.5. The fraction of sp³-hybridized carbons (Fsp3) is 0.357. The summed E-state index contributed by atoms with van der Waals surface area (Å²) < 4.78 is 11.0. The minimum Gasteiger partial charge on any atom is -0.444 e. The Morgan fingerprint density at radius 2 is 1.88 bits per heavy atom. The average molecular weight is 562 g/mol. The van der Waals surface area contributed by atoms with Crippen molar-refractivity contribution in [2.45, 2.75) is 58.0 Å². The minimum atomic E-state index is -1.22. The third kappa shape index (κ3) is 6.13. The number of H-pyrrole nitrogens is 1. The number of carbonyl (C=O) groups excluding carboxylic acids is 4. The van der Waals surface area contributed by atoms with E-state index in [1.165, 1.54) is 9.80 Å². The number of benzene rings is 2. The van der Waals surface area contributed by atoms with Gasteiger partial charge in [-0.2, -0.15) is 0 Å². The van der Waals surface area contributed by atoms with Gasteiger partial charge in [0.1, 0.15) is 30.0 Å². The van der Waals surface area contributed by atoms with Crippen LogP contribution in [0.25, 0.3) is 0 Å². The zero-order valence-corrected chi connectivity index (χ0v) is 22.9. The largest absolute Gasteiger partial charge is 0.444 e. The van der Waals surface area contributed by atoms with E-state index in [0.717, 1.165) is 5.56 Å². The molecule has 0 aliphatic carbocycles. The highest BCUT2D eigenvalue weighted by Gasteiger charge is 2.47. The molecule has 2 aliphatic rings. The molecule has 214 valence electrons. The van der Waals surface area contributed by atoms with E-state index in [4.69, 9.17) is 9.47 Å². The molecule has 3 aromatic rings. The number of nitrogens with one attached hydrogen (secondary N) is 3. The number of alkyl carbamates (subject to hydrolysis) is 1. The van der Waals surface area contributed by atoms with Crippen LogP contribution in [0, 0.1) is 0 Å². The molecule has 0 radical (unpaired) electrons. The number of ether oxygens (including phenoxy) is 2. The maximum atomic E-state index is 14.0. The molecule has 2 atom stereocenters. The van der Waals surface area contributed by atoms with E-state index in [0.29, 0.717) is 22.6 Å². The number of aromatic nitrogens is 3. The first-order chi connectivity index (χ1) is 19.6. The molecule has 4 amide bonds.